The lowest BCUT2D eigenvalue weighted by atomic mass is 10.1. The van der Waals surface area contributed by atoms with Gasteiger partial charge in [0, 0.05) is 15.7 Å². The van der Waals surface area contributed by atoms with Crippen LogP contribution in [0.1, 0.15) is 11.4 Å². The van der Waals surface area contributed by atoms with Crippen LogP contribution < -0.4 is 0 Å². The average molecular weight is 344 g/mol. The fourth-order valence-corrected chi connectivity index (χ4v) is 2.48. The maximum Gasteiger partial charge on any atom is 0.168 e. The SMILES string of the molecule is Cc1cc(-c2nnc(CO)n2-c2ccccc2)ccc1Br. The van der Waals surface area contributed by atoms with Gasteiger partial charge in [0.1, 0.15) is 6.61 Å². The topological polar surface area (TPSA) is 50.9 Å². The first kappa shape index (κ1) is 14.0. The van der Waals surface area contributed by atoms with Gasteiger partial charge in [0.15, 0.2) is 11.6 Å². The number of aryl methyl sites for hydroxylation is 1. The lowest BCUT2D eigenvalue weighted by Gasteiger charge is -2.10. The van der Waals surface area contributed by atoms with Gasteiger partial charge >= 0.3 is 0 Å². The zero-order valence-electron chi connectivity index (χ0n) is 11.5. The Bertz CT molecular complexity index is 768. The summed E-state index contributed by atoms with van der Waals surface area (Å²) in [4.78, 5) is 0. The molecule has 0 atom stereocenters. The molecule has 0 unspecified atom stereocenters. The predicted octanol–water partition coefficient (Wildman–Crippen LogP) is 3.50. The first-order valence-electron chi connectivity index (χ1n) is 6.58. The second-order valence-corrected chi connectivity index (χ2v) is 5.59. The molecular formula is C16H14BrN3O. The molecule has 3 rings (SSSR count). The lowest BCUT2D eigenvalue weighted by molar-refractivity contribution is 0.269. The van der Waals surface area contributed by atoms with Gasteiger partial charge in [0.05, 0.1) is 0 Å². The molecule has 2 aromatic carbocycles. The first-order chi connectivity index (χ1) is 10.2. The molecule has 0 amide bonds. The second kappa shape index (κ2) is 5.79. The van der Waals surface area contributed by atoms with Gasteiger partial charge in [0.25, 0.3) is 0 Å². The van der Waals surface area contributed by atoms with Crippen LogP contribution in [0.15, 0.2) is 53.0 Å². The molecule has 0 radical (unpaired) electrons. The molecule has 1 N–H and O–H groups in total. The van der Waals surface area contributed by atoms with Gasteiger partial charge in [-0.05, 0) is 36.8 Å². The molecule has 0 saturated heterocycles. The number of rotatable bonds is 3. The summed E-state index contributed by atoms with van der Waals surface area (Å²) in [6.07, 6.45) is 0. The zero-order valence-corrected chi connectivity index (χ0v) is 13.1. The summed E-state index contributed by atoms with van der Waals surface area (Å²) >= 11 is 3.50. The van der Waals surface area contributed by atoms with E-state index in [4.69, 9.17) is 0 Å². The van der Waals surface area contributed by atoms with Gasteiger partial charge in [0.2, 0.25) is 0 Å². The number of nitrogens with zero attached hydrogens (tertiary/aromatic N) is 3. The van der Waals surface area contributed by atoms with E-state index in [2.05, 4.69) is 32.2 Å². The minimum atomic E-state index is -0.155. The number of para-hydroxylation sites is 1. The molecule has 0 aliphatic carbocycles. The Hall–Kier alpha value is -1.98. The van der Waals surface area contributed by atoms with E-state index in [1.165, 1.54) is 0 Å². The highest BCUT2D eigenvalue weighted by Crippen LogP contribution is 2.26. The fraction of sp³-hybridized carbons (Fsp3) is 0.125. The van der Waals surface area contributed by atoms with E-state index in [1.54, 1.807) is 0 Å². The van der Waals surface area contributed by atoms with Crippen molar-refractivity contribution in [3.05, 3.63) is 64.4 Å². The van der Waals surface area contributed by atoms with Crippen LogP contribution >= 0.6 is 15.9 Å². The molecule has 106 valence electrons. The molecule has 1 aromatic heterocycles. The number of aliphatic hydroxyl groups excluding tert-OH is 1. The number of aromatic nitrogens is 3. The monoisotopic (exact) mass is 343 g/mol. The second-order valence-electron chi connectivity index (χ2n) is 4.73. The number of hydrogen-bond acceptors (Lipinski definition) is 3. The van der Waals surface area contributed by atoms with Gasteiger partial charge < -0.3 is 5.11 Å². The van der Waals surface area contributed by atoms with Crippen LogP contribution in [0.3, 0.4) is 0 Å². The average Bonchev–Trinajstić information content (AvgIpc) is 2.95. The minimum absolute atomic E-state index is 0.155. The molecule has 3 aromatic rings. The van der Waals surface area contributed by atoms with Crippen LogP contribution in [0.4, 0.5) is 0 Å². The van der Waals surface area contributed by atoms with Crippen LogP contribution in [0.2, 0.25) is 0 Å². The summed E-state index contributed by atoms with van der Waals surface area (Å²) < 4.78 is 2.93. The Morgan fingerprint density at radius 3 is 2.52 bits per heavy atom. The molecule has 0 fully saturated rings. The standard InChI is InChI=1S/C16H14BrN3O/c1-11-9-12(7-8-14(11)17)16-19-18-15(10-21)20(16)13-5-3-2-4-6-13/h2-9,21H,10H2,1H3. The number of hydrogen-bond donors (Lipinski definition) is 1. The third-order valence-electron chi connectivity index (χ3n) is 3.30. The summed E-state index contributed by atoms with van der Waals surface area (Å²) in [5.41, 5.74) is 3.02. The molecule has 21 heavy (non-hydrogen) atoms. The molecule has 0 aliphatic rings. The number of benzene rings is 2. The normalized spacial score (nSPS) is 10.8. The summed E-state index contributed by atoms with van der Waals surface area (Å²) in [6, 6.07) is 15.8. The van der Waals surface area contributed by atoms with Crippen LogP contribution in [-0.2, 0) is 6.61 Å². The maximum atomic E-state index is 9.51. The number of aliphatic hydroxyl groups is 1. The van der Waals surface area contributed by atoms with Crippen molar-refractivity contribution < 1.29 is 5.11 Å². The van der Waals surface area contributed by atoms with Crippen LogP contribution in [-0.4, -0.2) is 19.9 Å². The van der Waals surface area contributed by atoms with E-state index in [9.17, 15) is 5.11 Å². The third kappa shape index (κ3) is 2.62. The Morgan fingerprint density at radius 2 is 1.86 bits per heavy atom. The van der Waals surface area contributed by atoms with Gasteiger partial charge in [-0.2, -0.15) is 0 Å². The molecular weight excluding hydrogens is 330 g/mol. The molecule has 0 spiro atoms. The van der Waals surface area contributed by atoms with E-state index in [1.807, 2.05) is 54.0 Å². The van der Waals surface area contributed by atoms with Crippen molar-refractivity contribution >= 4 is 15.9 Å². The van der Waals surface area contributed by atoms with Crippen molar-refractivity contribution in [2.75, 3.05) is 0 Å². The fourth-order valence-electron chi connectivity index (χ4n) is 2.24. The summed E-state index contributed by atoms with van der Waals surface area (Å²) in [5.74, 6) is 1.25. The van der Waals surface area contributed by atoms with E-state index >= 15 is 0 Å². The molecule has 0 bridgehead atoms. The minimum Gasteiger partial charge on any atom is -0.388 e. The predicted molar refractivity (Wildman–Crippen MR) is 85.2 cm³/mol. The van der Waals surface area contributed by atoms with Gasteiger partial charge in [-0.15, -0.1) is 10.2 Å². The van der Waals surface area contributed by atoms with Crippen LogP contribution in [0.5, 0.6) is 0 Å². The maximum absolute atomic E-state index is 9.51. The molecule has 1 heterocycles. The highest BCUT2D eigenvalue weighted by Gasteiger charge is 2.15. The summed E-state index contributed by atoms with van der Waals surface area (Å²) in [7, 11) is 0. The van der Waals surface area contributed by atoms with E-state index < -0.39 is 0 Å². The Morgan fingerprint density at radius 1 is 1.10 bits per heavy atom. The summed E-state index contributed by atoms with van der Waals surface area (Å²) in [5, 5.41) is 17.8. The van der Waals surface area contributed by atoms with Gasteiger partial charge in [-0.3, -0.25) is 4.57 Å². The Balaban J connectivity index is 2.20. The number of halogens is 1. The van der Waals surface area contributed by atoms with Crippen molar-refractivity contribution in [2.24, 2.45) is 0 Å². The highest BCUT2D eigenvalue weighted by atomic mass is 79.9. The summed E-state index contributed by atoms with van der Waals surface area (Å²) in [6.45, 7) is 1.88. The highest BCUT2D eigenvalue weighted by molar-refractivity contribution is 9.10. The van der Waals surface area contributed by atoms with E-state index in [0.29, 0.717) is 5.82 Å². The van der Waals surface area contributed by atoms with Gasteiger partial charge in [-0.1, -0.05) is 40.2 Å². The first-order valence-corrected chi connectivity index (χ1v) is 7.37. The van der Waals surface area contributed by atoms with Crippen LogP contribution in [0, 0.1) is 6.92 Å². The Labute approximate surface area is 131 Å². The van der Waals surface area contributed by atoms with Crippen molar-refractivity contribution in [3.63, 3.8) is 0 Å². The van der Waals surface area contributed by atoms with E-state index in [0.717, 1.165) is 27.1 Å². The zero-order chi connectivity index (χ0) is 14.8. The lowest BCUT2D eigenvalue weighted by Crippen LogP contribution is -2.03. The van der Waals surface area contributed by atoms with Crippen LogP contribution in [0.25, 0.3) is 17.1 Å². The Kier molecular flexibility index (Phi) is 3.86. The molecule has 0 saturated carbocycles. The smallest absolute Gasteiger partial charge is 0.168 e. The molecule has 5 heteroatoms. The largest absolute Gasteiger partial charge is 0.388 e. The van der Waals surface area contributed by atoms with E-state index in [-0.39, 0.29) is 6.61 Å². The van der Waals surface area contributed by atoms with Crippen molar-refractivity contribution in [3.8, 4) is 17.1 Å². The van der Waals surface area contributed by atoms with Crippen molar-refractivity contribution in [1.82, 2.24) is 14.8 Å². The van der Waals surface area contributed by atoms with Crippen molar-refractivity contribution in [2.45, 2.75) is 13.5 Å². The quantitative estimate of drug-likeness (QED) is 0.791. The van der Waals surface area contributed by atoms with Crippen molar-refractivity contribution in [1.29, 1.82) is 0 Å². The van der Waals surface area contributed by atoms with Gasteiger partial charge in [-0.25, -0.2) is 0 Å². The third-order valence-corrected chi connectivity index (χ3v) is 4.19. The molecule has 4 nitrogen and oxygen atoms in total. The molecule has 0 aliphatic heterocycles.